The van der Waals surface area contributed by atoms with Crippen LogP contribution in [-0.4, -0.2) is 40.8 Å². The summed E-state index contributed by atoms with van der Waals surface area (Å²) in [5, 5.41) is 0.640. The Balaban J connectivity index is 1.65. The predicted octanol–water partition coefficient (Wildman–Crippen LogP) is 3.38. The number of aromatic nitrogens is 1. The third-order valence-electron chi connectivity index (χ3n) is 7.43. The van der Waals surface area contributed by atoms with E-state index in [1.54, 1.807) is 50.5 Å². The molecule has 5 rings (SSSR count). The summed E-state index contributed by atoms with van der Waals surface area (Å²) >= 11 is 0. The molecule has 2 aromatic carbocycles. The molecule has 10 heteroatoms. The van der Waals surface area contributed by atoms with Crippen molar-refractivity contribution >= 4 is 27.4 Å². The molecule has 0 spiro atoms. The highest BCUT2D eigenvalue weighted by Gasteiger charge is 2.36. The van der Waals surface area contributed by atoms with Gasteiger partial charge in [0.2, 0.25) is 11.8 Å². The molecule has 9 nitrogen and oxygen atoms in total. The molecular weight excluding hydrogens is 530 g/mol. The van der Waals surface area contributed by atoms with Crippen LogP contribution in [0.3, 0.4) is 0 Å². The molecule has 1 aliphatic carbocycles. The van der Waals surface area contributed by atoms with E-state index in [0.717, 1.165) is 10.6 Å². The molecule has 1 atom stereocenters. The van der Waals surface area contributed by atoms with Crippen LogP contribution >= 0.6 is 0 Å². The number of sulfone groups is 1. The zero-order chi connectivity index (χ0) is 28.8. The minimum atomic E-state index is -3.33. The van der Waals surface area contributed by atoms with Crippen LogP contribution in [0.5, 0.6) is 0 Å². The summed E-state index contributed by atoms with van der Waals surface area (Å²) in [6, 6.07) is 12.9. The quantitative estimate of drug-likeness (QED) is 0.314. The van der Waals surface area contributed by atoms with Crippen molar-refractivity contribution < 1.29 is 22.8 Å². The number of rotatable bonds is 9. The van der Waals surface area contributed by atoms with Crippen LogP contribution in [0.2, 0.25) is 0 Å². The molecule has 2 heterocycles. The number of amides is 2. The first-order chi connectivity index (χ1) is 18.9. The van der Waals surface area contributed by atoms with E-state index in [9.17, 15) is 27.6 Å². The number of aryl methyl sites for hydroxylation is 2. The summed E-state index contributed by atoms with van der Waals surface area (Å²) in [4.78, 5) is 51.0. The first-order valence-corrected chi connectivity index (χ1v) is 14.9. The molecule has 2 fully saturated rings. The maximum Gasteiger partial charge on any atom is 0.250 e. The van der Waals surface area contributed by atoms with E-state index < -0.39 is 15.9 Å². The van der Waals surface area contributed by atoms with Gasteiger partial charge in [-0.2, -0.15) is 0 Å². The van der Waals surface area contributed by atoms with Gasteiger partial charge in [-0.05, 0) is 49.4 Å². The highest BCUT2D eigenvalue weighted by molar-refractivity contribution is 7.91. The van der Waals surface area contributed by atoms with Crippen LogP contribution in [0.1, 0.15) is 71.3 Å². The molecular formula is C30H31N3O6S. The average Bonchev–Trinajstić information content (AvgIpc) is 3.73. The third kappa shape index (κ3) is 5.55. The lowest BCUT2D eigenvalue weighted by molar-refractivity contribution is -0.142. The van der Waals surface area contributed by atoms with Gasteiger partial charge in [0, 0.05) is 54.9 Å². The minimum absolute atomic E-state index is 0.106. The Bertz CT molecular complexity index is 1670. The first kappa shape index (κ1) is 27.7. The van der Waals surface area contributed by atoms with Crippen molar-refractivity contribution in [1.29, 1.82) is 0 Å². The van der Waals surface area contributed by atoms with Crippen molar-refractivity contribution in [3.05, 3.63) is 92.9 Å². The van der Waals surface area contributed by atoms with Crippen molar-refractivity contribution in [3.8, 4) is 11.1 Å². The summed E-state index contributed by atoms with van der Waals surface area (Å²) in [5.74, 6) is -1.12. The average molecular weight is 562 g/mol. The van der Waals surface area contributed by atoms with Gasteiger partial charge in [0.25, 0.3) is 5.56 Å². The number of pyridine rings is 1. The number of nitrogens with zero attached hydrogens (tertiary/aromatic N) is 2. The monoisotopic (exact) mass is 561 g/mol. The van der Waals surface area contributed by atoms with Crippen LogP contribution in [-0.2, 0) is 32.2 Å². The van der Waals surface area contributed by atoms with E-state index in [2.05, 4.69) is 5.43 Å². The molecule has 2 aliphatic rings. The van der Waals surface area contributed by atoms with E-state index in [0.29, 0.717) is 46.2 Å². The molecule has 2 amide bonds. The first-order valence-electron chi connectivity index (χ1n) is 13.2. The van der Waals surface area contributed by atoms with Crippen molar-refractivity contribution in [2.24, 2.45) is 7.05 Å². The standard InChI is InChI=1S/C30H31N3O6S/c1-18-4-7-21(8-5-18)30(37)23-11-6-20(17-40(38,39)22-9-10-22)14-25(23)26-16-32(3)29(36)15-24(26)19(2)31-33-27(34)12-13-28(33)35/h4-8,11,14-16,19,22,31H,9-10,12-13,17H2,1-3H3/t19-/m0/s1. The van der Waals surface area contributed by atoms with Gasteiger partial charge >= 0.3 is 0 Å². The lowest BCUT2D eigenvalue weighted by atomic mass is 9.89. The summed E-state index contributed by atoms with van der Waals surface area (Å²) in [7, 11) is -1.75. The van der Waals surface area contributed by atoms with Gasteiger partial charge in [-0.1, -0.05) is 42.0 Å². The Morgan fingerprint density at radius 3 is 2.25 bits per heavy atom. The van der Waals surface area contributed by atoms with E-state index in [-0.39, 0.29) is 47.0 Å². The van der Waals surface area contributed by atoms with Gasteiger partial charge in [-0.25, -0.2) is 18.9 Å². The van der Waals surface area contributed by atoms with Crippen LogP contribution in [0, 0.1) is 6.92 Å². The van der Waals surface area contributed by atoms with Crippen molar-refractivity contribution in [3.63, 3.8) is 0 Å². The fraction of sp³-hybridized carbons (Fsp3) is 0.333. The number of hydrogen-bond donors (Lipinski definition) is 1. The number of nitrogens with one attached hydrogen (secondary N) is 1. The van der Waals surface area contributed by atoms with E-state index in [4.69, 9.17) is 0 Å². The maximum atomic E-state index is 13.8. The number of carbonyl (C=O) groups is 3. The maximum absolute atomic E-state index is 13.8. The molecule has 1 N–H and O–H groups in total. The second kappa shape index (κ2) is 10.6. The molecule has 1 aromatic heterocycles. The van der Waals surface area contributed by atoms with Crippen LogP contribution < -0.4 is 11.0 Å². The number of imide groups is 1. The third-order valence-corrected chi connectivity index (χ3v) is 9.66. The lowest BCUT2D eigenvalue weighted by Crippen LogP contribution is -2.43. The van der Waals surface area contributed by atoms with Crippen molar-refractivity contribution in [1.82, 2.24) is 15.0 Å². The lowest BCUT2D eigenvalue weighted by Gasteiger charge is -2.24. The van der Waals surface area contributed by atoms with Crippen LogP contribution in [0.25, 0.3) is 11.1 Å². The topological polar surface area (TPSA) is 123 Å². The van der Waals surface area contributed by atoms with Gasteiger partial charge in [-0.3, -0.25) is 19.2 Å². The summed E-state index contributed by atoms with van der Waals surface area (Å²) < 4.78 is 27.0. The molecule has 1 saturated carbocycles. The SMILES string of the molecule is Cc1ccc(C(=O)c2ccc(CS(=O)(=O)C3CC3)cc2-c2cn(C)c(=O)cc2[C@H](C)NN2C(=O)CCC2=O)cc1. The smallest absolute Gasteiger partial charge is 0.250 e. The molecule has 3 aromatic rings. The fourth-order valence-electron chi connectivity index (χ4n) is 4.95. The van der Waals surface area contributed by atoms with Crippen LogP contribution in [0.15, 0.2) is 59.5 Å². The van der Waals surface area contributed by atoms with Crippen molar-refractivity contribution in [2.75, 3.05) is 0 Å². The number of carbonyl (C=O) groups excluding carboxylic acids is 3. The Morgan fingerprint density at radius 1 is 0.975 bits per heavy atom. The largest absolute Gasteiger partial charge is 0.318 e. The minimum Gasteiger partial charge on any atom is -0.318 e. The summed E-state index contributed by atoms with van der Waals surface area (Å²) in [6.07, 6.45) is 3.12. The van der Waals surface area contributed by atoms with Crippen LogP contribution in [0.4, 0.5) is 0 Å². The molecule has 1 saturated heterocycles. The second-order valence-corrected chi connectivity index (χ2v) is 12.9. The van der Waals surface area contributed by atoms with Gasteiger partial charge < -0.3 is 4.57 Å². The van der Waals surface area contributed by atoms with E-state index >= 15 is 0 Å². The zero-order valence-corrected chi connectivity index (χ0v) is 23.5. The Morgan fingerprint density at radius 2 is 1.62 bits per heavy atom. The molecule has 0 radical (unpaired) electrons. The van der Waals surface area contributed by atoms with Gasteiger partial charge in [0.05, 0.1) is 11.0 Å². The number of benzene rings is 2. The molecule has 0 unspecified atom stereocenters. The molecule has 40 heavy (non-hydrogen) atoms. The predicted molar refractivity (Wildman–Crippen MR) is 150 cm³/mol. The molecule has 0 bridgehead atoms. The fourth-order valence-corrected chi connectivity index (χ4v) is 6.69. The van der Waals surface area contributed by atoms with E-state index in [1.807, 2.05) is 19.1 Å². The summed E-state index contributed by atoms with van der Waals surface area (Å²) in [6.45, 7) is 3.65. The second-order valence-electron chi connectivity index (χ2n) is 10.6. The van der Waals surface area contributed by atoms with E-state index in [1.165, 1.54) is 10.6 Å². The normalized spacial score (nSPS) is 16.4. The van der Waals surface area contributed by atoms with Crippen molar-refractivity contribution in [2.45, 2.75) is 56.6 Å². The number of ketones is 1. The summed E-state index contributed by atoms with van der Waals surface area (Å²) in [5.41, 5.74) is 6.41. The highest BCUT2D eigenvalue weighted by Crippen LogP contribution is 2.35. The number of hydrogen-bond acceptors (Lipinski definition) is 7. The van der Waals surface area contributed by atoms with Gasteiger partial charge in [0.1, 0.15) is 0 Å². The Labute approximate surface area is 232 Å². The number of hydrazine groups is 1. The molecule has 208 valence electrons. The Hall–Kier alpha value is -3.89. The van der Waals surface area contributed by atoms with Gasteiger partial charge in [0.15, 0.2) is 15.6 Å². The molecule has 1 aliphatic heterocycles. The highest BCUT2D eigenvalue weighted by atomic mass is 32.2. The Kier molecular flexibility index (Phi) is 7.32. The zero-order valence-electron chi connectivity index (χ0n) is 22.6. The van der Waals surface area contributed by atoms with Gasteiger partial charge in [-0.15, -0.1) is 0 Å².